The molecule has 1 aliphatic rings. The fourth-order valence-corrected chi connectivity index (χ4v) is 2.61. The molecule has 108 valence electrons. The maximum absolute atomic E-state index is 11.9. The van der Waals surface area contributed by atoms with Crippen LogP contribution >= 0.6 is 0 Å². The van der Waals surface area contributed by atoms with Crippen molar-refractivity contribution < 1.29 is 4.79 Å². The summed E-state index contributed by atoms with van der Waals surface area (Å²) in [7, 11) is 0. The third-order valence-corrected chi connectivity index (χ3v) is 3.72. The van der Waals surface area contributed by atoms with Gasteiger partial charge in [-0.2, -0.15) is 5.10 Å². The Bertz CT molecular complexity index is 651. The quantitative estimate of drug-likeness (QED) is 0.505. The van der Waals surface area contributed by atoms with E-state index in [1.807, 2.05) is 36.5 Å². The molecule has 1 atom stereocenters. The summed E-state index contributed by atoms with van der Waals surface area (Å²) >= 11 is 0. The van der Waals surface area contributed by atoms with Gasteiger partial charge in [0.2, 0.25) is 5.91 Å². The third kappa shape index (κ3) is 3.60. The lowest BCUT2D eigenvalue weighted by atomic mass is 9.96. The van der Waals surface area contributed by atoms with Gasteiger partial charge in [-0.05, 0) is 42.7 Å². The zero-order chi connectivity index (χ0) is 14.5. The fourth-order valence-electron chi connectivity index (χ4n) is 2.61. The Kier molecular flexibility index (Phi) is 4.15. The number of nitrogens with zero attached hydrogens (tertiary/aromatic N) is 1. The third-order valence-electron chi connectivity index (χ3n) is 3.72. The number of carbonyl (C=O) groups is 1. The molecule has 3 rings (SSSR count). The number of allylic oxidation sites excluding steroid dienone is 2. The van der Waals surface area contributed by atoms with E-state index in [0.29, 0.717) is 12.3 Å². The minimum atomic E-state index is -0.0934. The van der Waals surface area contributed by atoms with Crippen LogP contribution < -0.4 is 5.43 Å². The molecule has 1 amide bonds. The number of fused-ring (bicyclic) bond motifs is 1. The maximum Gasteiger partial charge on any atom is 0.245 e. The highest BCUT2D eigenvalue weighted by molar-refractivity contribution is 5.84. The summed E-state index contributed by atoms with van der Waals surface area (Å²) in [5, 5.41) is 5.20. The maximum atomic E-state index is 11.9. The second-order valence-electron chi connectivity index (χ2n) is 5.42. The van der Waals surface area contributed by atoms with Crippen LogP contribution in [0.4, 0.5) is 0 Å². The number of hydrogen-bond donors (Lipinski definition) is 2. The number of aromatic amines is 1. The molecular formula is C17H19N3O. The first-order valence-corrected chi connectivity index (χ1v) is 7.35. The average Bonchev–Trinajstić information content (AvgIpc) is 2.90. The summed E-state index contributed by atoms with van der Waals surface area (Å²) in [6.45, 7) is 0. The van der Waals surface area contributed by atoms with Gasteiger partial charge in [-0.1, -0.05) is 30.4 Å². The number of rotatable bonds is 4. The lowest BCUT2D eigenvalue weighted by molar-refractivity contribution is -0.120. The topological polar surface area (TPSA) is 57.2 Å². The molecule has 1 heterocycles. The number of amides is 1. The van der Waals surface area contributed by atoms with Gasteiger partial charge in [-0.25, -0.2) is 5.43 Å². The van der Waals surface area contributed by atoms with E-state index in [0.717, 1.165) is 35.9 Å². The number of benzene rings is 1. The van der Waals surface area contributed by atoms with Gasteiger partial charge in [0.05, 0.1) is 6.42 Å². The molecule has 1 aliphatic carbocycles. The summed E-state index contributed by atoms with van der Waals surface area (Å²) in [4.78, 5) is 15.1. The summed E-state index contributed by atoms with van der Waals surface area (Å²) < 4.78 is 0. The van der Waals surface area contributed by atoms with Gasteiger partial charge in [-0.15, -0.1) is 0 Å². The van der Waals surface area contributed by atoms with E-state index in [1.54, 1.807) is 0 Å². The molecule has 0 saturated heterocycles. The van der Waals surface area contributed by atoms with Crippen LogP contribution in [0.3, 0.4) is 0 Å². The second kappa shape index (κ2) is 6.39. The molecule has 0 saturated carbocycles. The Morgan fingerprint density at radius 3 is 3.10 bits per heavy atom. The van der Waals surface area contributed by atoms with Crippen LogP contribution in [-0.4, -0.2) is 17.1 Å². The first-order valence-electron chi connectivity index (χ1n) is 7.35. The minimum Gasteiger partial charge on any atom is -0.358 e. The summed E-state index contributed by atoms with van der Waals surface area (Å²) in [6, 6.07) is 10.0. The first kappa shape index (κ1) is 13.6. The number of nitrogens with one attached hydrogen (secondary N) is 2. The molecule has 0 fully saturated rings. The highest BCUT2D eigenvalue weighted by atomic mass is 16.2. The van der Waals surface area contributed by atoms with Crippen molar-refractivity contribution in [1.29, 1.82) is 0 Å². The van der Waals surface area contributed by atoms with Crippen molar-refractivity contribution >= 4 is 23.0 Å². The first-order chi connectivity index (χ1) is 10.3. The predicted octanol–water partition coefficient (Wildman–Crippen LogP) is 3.17. The van der Waals surface area contributed by atoms with Gasteiger partial charge in [-0.3, -0.25) is 4.79 Å². The fraction of sp³-hybridized carbons (Fsp3) is 0.294. The molecule has 4 nitrogen and oxygen atoms in total. The molecule has 1 unspecified atom stereocenters. The van der Waals surface area contributed by atoms with E-state index in [-0.39, 0.29) is 5.91 Å². The van der Waals surface area contributed by atoms with E-state index in [1.165, 1.54) is 0 Å². The molecule has 0 aliphatic heterocycles. The molecule has 0 spiro atoms. The largest absolute Gasteiger partial charge is 0.358 e. The predicted molar refractivity (Wildman–Crippen MR) is 85.1 cm³/mol. The highest BCUT2D eigenvalue weighted by Gasteiger charge is 2.08. The van der Waals surface area contributed by atoms with Crippen molar-refractivity contribution in [2.45, 2.75) is 25.7 Å². The summed E-state index contributed by atoms with van der Waals surface area (Å²) in [5.74, 6) is 0.354. The SMILES string of the molecule is O=C(Cc1cc2ccccc2[nH]1)NN=CC1CC=CCC1. The van der Waals surface area contributed by atoms with Crippen molar-refractivity contribution in [3.63, 3.8) is 0 Å². The minimum absolute atomic E-state index is 0.0934. The Hall–Kier alpha value is -2.36. The van der Waals surface area contributed by atoms with Crippen molar-refractivity contribution in [2.24, 2.45) is 11.0 Å². The van der Waals surface area contributed by atoms with Crippen LogP contribution in [0.15, 0.2) is 47.6 Å². The summed E-state index contributed by atoms with van der Waals surface area (Å²) in [6.07, 6.45) is 9.76. The van der Waals surface area contributed by atoms with Crippen LogP contribution in [0.5, 0.6) is 0 Å². The van der Waals surface area contributed by atoms with Gasteiger partial charge < -0.3 is 4.98 Å². The van der Waals surface area contributed by atoms with Gasteiger partial charge in [0.25, 0.3) is 0 Å². The van der Waals surface area contributed by atoms with E-state index in [2.05, 4.69) is 27.7 Å². The molecule has 2 N–H and O–H groups in total. The number of H-pyrrole nitrogens is 1. The van der Waals surface area contributed by atoms with E-state index >= 15 is 0 Å². The smallest absolute Gasteiger partial charge is 0.245 e. The Morgan fingerprint density at radius 1 is 1.38 bits per heavy atom. The molecule has 0 radical (unpaired) electrons. The van der Waals surface area contributed by atoms with Crippen LogP contribution in [0.1, 0.15) is 25.0 Å². The number of aromatic nitrogens is 1. The molecular weight excluding hydrogens is 262 g/mol. The number of hydrazone groups is 1. The van der Waals surface area contributed by atoms with Crippen molar-refractivity contribution in [2.75, 3.05) is 0 Å². The summed E-state index contributed by atoms with van der Waals surface area (Å²) in [5.41, 5.74) is 4.57. The van der Waals surface area contributed by atoms with E-state index < -0.39 is 0 Å². The molecule has 4 heteroatoms. The monoisotopic (exact) mass is 281 g/mol. The van der Waals surface area contributed by atoms with Crippen molar-refractivity contribution in [3.05, 3.63) is 48.2 Å². The zero-order valence-corrected chi connectivity index (χ0v) is 11.9. The van der Waals surface area contributed by atoms with E-state index in [9.17, 15) is 4.79 Å². The molecule has 1 aromatic heterocycles. The van der Waals surface area contributed by atoms with Crippen LogP contribution in [0.2, 0.25) is 0 Å². The highest BCUT2D eigenvalue weighted by Crippen LogP contribution is 2.16. The van der Waals surface area contributed by atoms with Gasteiger partial charge in [0.15, 0.2) is 0 Å². The molecule has 1 aromatic carbocycles. The molecule has 21 heavy (non-hydrogen) atoms. The lowest BCUT2D eigenvalue weighted by Crippen LogP contribution is -2.20. The Labute approximate surface area is 123 Å². The van der Waals surface area contributed by atoms with Crippen molar-refractivity contribution in [1.82, 2.24) is 10.4 Å². The van der Waals surface area contributed by atoms with Crippen LogP contribution in [-0.2, 0) is 11.2 Å². The lowest BCUT2D eigenvalue weighted by Gasteiger charge is -2.11. The van der Waals surface area contributed by atoms with Gasteiger partial charge >= 0.3 is 0 Å². The van der Waals surface area contributed by atoms with E-state index in [4.69, 9.17) is 0 Å². The van der Waals surface area contributed by atoms with Crippen LogP contribution in [0, 0.1) is 5.92 Å². The van der Waals surface area contributed by atoms with Crippen molar-refractivity contribution in [3.8, 4) is 0 Å². The average molecular weight is 281 g/mol. The number of hydrogen-bond acceptors (Lipinski definition) is 2. The normalized spacial score (nSPS) is 18.4. The Balaban J connectivity index is 1.53. The van der Waals surface area contributed by atoms with Gasteiger partial charge in [0, 0.05) is 17.4 Å². The standard InChI is InChI=1S/C17H19N3O/c21-17(20-18-12-13-6-2-1-3-7-13)11-15-10-14-8-4-5-9-16(14)19-15/h1-2,4-5,8-10,12-13,19H,3,6-7,11H2,(H,20,21). The second-order valence-corrected chi connectivity index (χ2v) is 5.42. The van der Waals surface area contributed by atoms with Crippen LogP contribution in [0.25, 0.3) is 10.9 Å². The zero-order valence-electron chi connectivity index (χ0n) is 11.9. The molecule has 0 bridgehead atoms. The number of carbonyl (C=O) groups excluding carboxylic acids is 1. The Morgan fingerprint density at radius 2 is 2.29 bits per heavy atom. The number of para-hydroxylation sites is 1. The van der Waals surface area contributed by atoms with Gasteiger partial charge in [0.1, 0.15) is 0 Å². The molecule has 2 aromatic rings.